The first-order valence-electron chi connectivity index (χ1n) is 4.81. The van der Waals surface area contributed by atoms with Gasteiger partial charge in [-0.3, -0.25) is 4.79 Å². The molecule has 0 unspecified atom stereocenters. The summed E-state index contributed by atoms with van der Waals surface area (Å²) < 4.78 is 26.6. The standard InChI is InChI=1S/C13H6F2O/c14-7-5-10-8-3-1-2-4-9(8)13(16)12(10)11(15)6-7/h1-6H. The van der Waals surface area contributed by atoms with Crippen LogP contribution in [-0.4, -0.2) is 5.78 Å². The number of rotatable bonds is 0. The van der Waals surface area contributed by atoms with Gasteiger partial charge in [0.1, 0.15) is 11.6 Å². The van der Waals surface area contributed by atoms with Crippen LogP contribution in [0.5, 0.6) is 0 Å². The van der Waals surface area contributed by atoms with Crippen molar-refractivity contribution >= 4 is 5.78 Å². The average Bonchev–Trinajstić information content (AvgIpc) is 2.54. The number of carbonyl (C=O) groups excluding carboxylic acids is 1. The fourth-order valence-electron chi connectivity index (χ4n) is 2.07. The van der Waals surface area contributed by atoms with Gasteiger partial charge in [0.2, 0.25) is 0 Å². The number of benzene rings is 2. The summed E-state index contributed by atoms with van der Waals surface area (Å²) in [7, 11) is 0. The lowest BCUT2D eigenvalue weighted by Gasteiger charge is -2.00. The van der Waals surface area contributed by atoms with Gasteiger partial charge in [-0.1, -0.05) is 24.3 Å². The van der Waals surface area contributed by atoms with Crippen LogP contribution >= 0.6 is 0 Å². The lowest BCUT2D eigenvalue weighted by molar-refractivity contribution is 0.104. The molecule has 0 radical (unpaired) electrons. The smallest absolute Gasteiger partial charge is 0.197 e. The van der Waals surface area contributed by atoms with Crippen molar-refractivity contribution < 1.29 is 13.6 Å². The van der Waals surface area contributed by atoms with E-state index in [1.54, 1.807) is 24.3 Å². The highest BCUT2D eigenvalue weighted by atomic mass is 19.1. The molecular formula is C13H6F2O. The van der Waals surface area contributed by atoms with Crippen LogP contribution in [0.3, 0.4) is 0 Å². The first-order valence-corrected chi connectivity index (χ1v) is 4.81. The molecule has 0 heterocycles. The van der Waals surface area contributed by atoms with E-state index in [4.69, 9.17) is 0 Å². The zero-order valence-electron chi connectivity index (χ0n) is 8.13. The van der Waals surface area contributed by atoms with Crippen LogP contribution < -0.4 is 0 Å². The number of hydrogen-bond donors (Lipinski definition) is 0. The second kappa shape index (κ2) is 2.98. The largest absolute Gasteiger partial charge is 0.288 e. The zero-order chi connectivity index (χ0) is 11.3. The first-order chi connectivity index (χ1) is 7.68. The lowest BCUT2D eigenvalue weighted by Crippen LogP contribution is -1.99. The SMILES string of the molecule is O=C1c2ccccc2-c2cc(F)cc(F)c21. The van der Waals surface area contributed by atoms with Crippen LogP contribution in [-0.2, 0) is 0 Å². The van der Waals surface area contributed by atoms with Gasteiger partial charge >= 0.3 is 0 Å². The van der Waals surface area contributed by atoms with Gasteiger partial charge in [0, 0.05) is 11.6 Å². The minimum absolute atomic E-state index is 0.0254. The molecule has 0 atom stereocenters. The van der Waals surface area contributed by atoms with Crippen LogP contribution in [0, 0.1) is 11.6 Å². The summed E-state index contributed by atoms with van der Waals surface area (Å²) in [4.78, 5) is 11.9. The van der Waals surface area contributed by atoms with E-state index in [0.717, 1.165) is 6.07 Å². The van der Waals surface area contributed by atoms with E-state index in [9.17, 15) is 13.6 Å². The molecule has 0 aliphatic heterocycles. The summed E-state index contributed by atoms with van der Waals surface area (Å²) in [5, 5.41) is 0. The average molecular weight is 216 g/mol. The third-order valence-electron chi connectivity index (χ3n) is 2.74. The molecule has 0 aromatic heterocycles. The van der Waals surface area contributed by atoms with Crippen LogP contribution in [0.25, 0.3) is 11.1 Å². The number of carbonyl (C=O) groups is 1. The van der Waals surface area contributed by atoms with Crippen molar-refractivity contribution in [3.8, 4) is 11.1 Å². The summed E-state index contributed by atoms with van der Waals surface area (Å²) in [6, 6.07) is 8.69. The molecule has 0 saturated heterocycles. The predicted octanol–water partition coefficient (Wildman–Crippen LogP) is 3.18. The maximum absolute atomic E-state index is 13.5. The van der Waals surface area contributed by atoms with Gasteiger partial charge in [-0.05, 0) is 17.2 Å². The van der Waals surface area contributed by atoms with Crippen molar-refractivity contribution in [1.29, 1.82) is 0 Å². The number of hydrogen-bond acceptors (Lipinski definition) is 1. The van der Waals surface area contributed by atoms with Crippen LogP contribution in [0.1, 0.15) is 15.9 Å². The highest BCUT2D eigenvalue weighted by Crippen LogP contribution is 2.37. The fraction of sp³-hybridized carbons (Fsp3) is 0. The van der Waals surface area contributed by atoms with Crippen molar-refractivity contribution in [1.82, 2.24) is 0 Å². The Kier molecular flexibility index (Phi) is 1.72. The number of halogens is 2. The molecule has 1 aliphatic rings. The Bertz CT molecular complexity index is 617. The highest BCUT2D eigenvalue weighted by Gasteiger charge is 2.29. The normalized spacial score (nSPS) is 12.5. The van der Waals surface area contributed by atoms with Gasteiger partial charge in [0.15, 0.2) is 5.78 Å². The van der Waals surface area contributed by atoms with Gasteiger partial charge in [0.25, 0.3) is 0 Å². The Morgan fingerprint density at radius 1 is 0.875 bits per heavy atom. The molecule has 0 N–H and O–H groups in total. The number of ketones is 1. The maximum Gasteiger partial charge on any atom is 0.197 e. The van der Waals surface area contributed by atoms with Crippen LogP contribution in [0.4, 0.5) is 8.78 Å². The van der Waals surface area contributed by atoms with Crippen LogP contribution in [0.2, 0.25) is 0 Å². The van der Waals surface area contributed by atoms with Crippen molar-refractivity contribution in [2.24, 2.45) is 0 Å². The maximum atomic E-state index is 13.5. The molecule has 0 fully saturated rings. The van der Waals surface area contributed by atoms with E-state index in [-0.39, 0.29) is 11.3 Å². The summed E-state index contributed by atoms with van der Waals surface area (Å²) in [6.07, 6.45) is 0. The lowest BCUT2D eigenvalue weighted by atomic mass is 10.1. The predicted molar refractivity (Wildman–Crippen MR) is 55.2 cm³/mol. The summed E-state index contributed by atoms with van der Waals surface area (Å²) in [5.74, 6) is -1.83. The molecule has 0 amide bonds. The van der Waals surface area contributed by atoms with Gasteiger partial charge in [-0.15, -0.1) is 0 Å². The first kappa shape index (κ1) is 9.21. The Balaban J connectivity index is 2.42. The third kappa shape index (κ3) is 1.05. The summed E-state index contributed by atoms with van der Waals surface area (Å²) >= 11 is 0. The van der Waals surface area contributed by atoms with E-state index in [1.165, 1.54) is 6.07 Å². The fourth-order valence-corrected chi connectivity index (χ4v) is 2.07. The van der Waals surface area contributed by atoms with E-state index in [1.807, 2.05) is 0 Å². The molecule has 78 valence electrons. The molecule has 0 spiro atoms. The molecule has 2 aromatic carbocycles. The Morgan fingerprint density at radius 3 is 2.31 bits per heavy atom. The van der Waals surface area contributed by atoms with Gasteiger partial charge in [-0.2, -0.15) is 0 Å². The molecular weight excluding hydrogens is 210 g/mol. The molecule has 2 aromatic rings. The Labute approximate surface area is 90.3 Å². The monoisotopic (exact) mass is 216 g/mol. The van der Waals surface area contributed by atoms with Crippen molar-refractivity contribution in [3.63, 3.8) is 0 Å². The minimum atomic E-state index is -0.795. The molecule has 0 bridgehead atoms. The Hall–Kier alpha value is -2.03. The third-order valence-corrected chi connectivity index (χ3v) is 2.74. The summed E-state index contributed by atoms with van der Waals surface area (Å²) in [5.41, 5.74) is 1.35. The molecule has 1 aliphatic carbocycles. The second-order valence-electron chi connectivity index (χ2n) is 3.68. The van der Waals surface area contributed by atoms with Crippen LogP contribution in [0.15, 0.2) is 36.4 Å². The zero-order valence-corrected chi connectivity index (χ0v) is 8.13. The second-order valence-corrected chi connectivity index (χ2v) is 3.68. The molecule has 3 rings (SSSR count). The van der Waals surface area contributed by atoms with Gasteiger partial charge in [0.05, 0.1) is 5.56 Å². The van der Waals surface area contributed by atoms with Crippen molar-refractivity contribution in [2.45, 2.75) is 0 Å². The van der Waals surface area contributed by atoms with E-state index in [2.05, 4.69) is 0 Å². The van der Waals surface area contributed by atoms with E-state index in [0.29, 0.717) is 16.7 Å². The Morgan fingerprint density at radius 2 is 1.56 bits per heavy atom. The number of fused-ring (bicyclic) bond motifs is 3. The summed E-state index contributed by atoms with van der Waals surface area (Å²) in [6.45, 7) is 0. The van der Waals surface area contributed by atoms with Gasteiger partial charge in [-0.25, -0.2) is 8.78 Å². The molecule has 16 heavy (non-hydrogen) atoms. The van der Waals surface area contributed by atoms with E-state index >= 15 is 0 Å². The molecule has 0 saturated carbocycles. The quantitative estimate of drug-likeness (QED) is 0.564. The van der Waals surface area contributed by atoms with Gasteiger partial charge < -0.3 is 0 Å². The van der Waals surface area contributed by atoms with Crippen molar-refractivity contribution in [3.05, 3.63) is 59.2 Å². The molecule has 1 nitrogen and oxygen atoms in total. The minimum Gasteiger partial charge on any atom is -0.288 e. The van der Waals surface area contributed by atoms with Crippen molar-refractivity contribution in [2.75, 3.05) is 0 Å². The molecule has 3 heteroatoms. The highest BCUT2D eigenvalue weighted by molar-refractivity contribution is 6.21. The van der Waals surface area contributed by atoms with E-state index < -0.39 is 11.6 Å². The topological polar surface area (TPSA) is 17.1 Å².